The molecule has 1 rings (SSSR count). The maximum atomic E-state index is 12.1. The van der Waals surface area contributed by atoms with Crippen molar-refractivity contribution in [3.63, 3.8) is 0 Å². The van der Waals surface area contributed by atoms with E-state index in [9.17, 15) is 18.0 Å². The number of alkyl carbamates (subject to hydrolysis) is 1. The first-order chi connectivity index (χ1) is 12.4. The number of carbonyl (C=O) groups is 1. The summed E-state index contributed by atoms with van der Waals surface area (Å²) in [6.45, 7) is 6.25. The predicted molar refractivity (Wildman–Crippen MR) is 96.7 cm³/mol. The highest BCUT2D eigenvalue weighted by Crippen LogP contribution is 2.23. The summed E-state index contributed by atoms with van der Waals surface area (Å²) in [6.07, 6.45) is -3.81. The van der Waals surface area contributed by atoms with Crippen LogP contribution in [-0.2, 0) is 4.74 Å². The number of unbranched alkanes of at least 4 members (excludes halogenated alkanes) is 1. The van der Waals surface area contributed by atoms with Gasteiger partial charge in [0, 0.05) is 18.8 Å². The zero-order valence-electron chi connectivity index (χ0n) is 15.5. The summed E-state index contributed by atoms with van der Waals surface area (Å²) < 4.78 is 45.2. The molecule has 0 atom stereocenters. The number of nitrogens with zero attached hydrogens (tertiary/aromatic N) is 1. The number of rotatable bonds is 7. The van der Waals surface area contributed by atoms with Gasteiger partial charge in [-0.05, 0) is 57.9 Å². The molecule has 1 amide bonds. The molecule has 0 fully saturated rings. The van der Waals surface area contributed by atoms with Crippen LogP contribution in [0.3, 0.4) is 0 Å². The Kier molecular flexibility index (Phi) is 8.20. The fourth-order valence-corrected chi connectivity index (χ4v) is 1.87. The van der Waals surface area contributed by atoms with Gasteiger partial charge in [-0.25, -0.2) is 4.79 Å². The van der Waals surface area contributed by atoms with Crippen LogP contribution in [0.25, 0.3) is 0 Å². The molecule has 0 radical (unpaired) electrons. The first-order valence-corrected chi connectivity index (χ1v) is 8.34. The number of guanidine groups is 1. The monoisotopic (exact) mass is 390 g/mol. The van der Waals surface area contributed by atoms with E-state index in [4.69, 9.17) is 10.5 Å². The molecule has 0 aliphatic carbocycles. The Balaban J connectivity index is 2.26. The zero-order chi connectivity index (χ0) is 20.5. The lowest BCUT2D eigenvalue weighted by Gasteiger charge is -2.19. The third-order valence-electron chi connectivity index (χ3n) is 2.90. The fraction of sp³-hybridized carbons (Fsp3) is 0.529. The highest BCUT2D eigenvalue weighted by atomic mass is 19.4. The Labute approximate surface area is 156 Å². The predicted octanol–water partition coefficient (Wildman–Crippen LogP) is 3.62. The van der Waals surface area contributed by atoms with Gasteiger partial charge < -0.3 is 25.8 Å². The molecular weight excluding hydrogens is 365 g/mol. The maximum Gasteiger partial charge on any atom is 0.573 e. The van der Waals surface area contributed by atoms with Crippen LogP contribution < -0.4 is 21.1 Å². The van der Waals surface area contributed by atoms with E-state index >= 15 is 0 Å². The summed E-state index contributed by atoms with van der Waals surface area (Å²) >= 11 is 0. The van der Waals surface area contributed by atoms with Gasteiger partial charge in [-0.3, -0.25) is 4.99 Å². The molecule has 0 spiro atoms. The summed E-state index contributed by atoms with van der Waals surface area (Å²) in [6, 6.07) is 5.14. The SMILES string of the molecule is CC(C)(C)OC(=O)NCCCCN=C(N)Nc1ccc(OC(F)(F)F)cc1. The zero-order valence-corrected chi connectivity index (χ0v) is 15.5. The molecule has 0 heterocycles. The van der Waals surface area contributed by atoms with E-state index in [-0.39, 0.29) is 11.7 Å². The third kappa shape index (κ3) is 11.6. The molecular formula is C17H25F3N4O3. The van der Waals surface area contributed by atoms with Crippen molar-refractivity contribution >= 4 is 17.7 Å². The molecule has 4 N–H and O–H groups in total. The summed E-state index contributed by atoms with van der Waals surface area (Å²) in [5, 5.41) is 5.41. The van der Waals surface area contributed by atoms with Crippen LogP contribution in [0.1, 0.15) is 33.6 Å². The van der Waals surface area contributed by atoms with Gasteiger partial charge in [0.15, 0.2) is 5.96 Å². The van der Waals surface area contributed by atoms with Gasteiger partial charge >= 0.3 is 12.5 Å². The van der Waals surface area contributed by atoms with Crippen LogP contribution in [0.15, 0.2) is 29.3 Å². The van der Waals surface area contributed by atoms with E-state index in [1.165, 1.54) is 24.3 Å². The standard InChI is InChI=1S/C17H25F3N4O3/c1-16(2,3)27-15(25)23-11-5-4-10-22-14(21)24-12-6-8-13(9-7-12)26-17(18,19)20/h6-9H,4-5,10-11H2,1-3H3,(H,23,25)(H3,21,22,24). The lowest BCUT2D eigenvalue weighted by molar-refractivity contribution is -0.274. The molecule has 0 aliphatic heterocycles. The number of carbonyl (C=O) groups excluding carboxylic acids is 1. The lowest BCUT2D eigenvalue weighted by Crippen LogP contribution is -2.33. The van der Waals surface area contributed by atoms with Crippen molar-refractivity contribution in [1.29, 1.82) is 0 Å². The van der Waals surface area contributed by atoms with Crippen LogP contribution in [-0.4, -0.2) is 37.1 Å². The number of aliphatic imine (C=N–C) groups is 1. The van der Waals surface area contributed by atoms with E-state index in [2.05, 4.69) is 20.4 Å². The van der Waals surface area contributed by atoms with E-state index in [1.807, 2.05) is 0 Å². The molecule has 0 aromatic heterocycles. The van der Waals surface area contributed by atoms with Gasteiger partial charge in [0.25, 0.3) is 0 Å². The number of ether oxygens (including phenoxy) is 2. The number of nitrogens with one attached hydrogen (secondary N) is 2. The molecule has 1 aromatic carbocycles. The third-order valence-corrected chi connectivity index (χ3v) is 2.90. The number of amides is 1. The smallest absolute Gasteiger partial charge is 0.444 e. The van der Waals surface area contributed by atoms with Crippen molar-refractivity contribution in [1.82, 2.24) is 5.32 Å². The Hall–Kier alpha value is -2.65. The van der Waals surface area contributed by atoms with Gasteiger partial charge in [0.2, 0.25) is 0 Å². The minimum absolute atomic E-state index is 0.139. The topological polar surface area (TPSA) is 98.0 Å². The minimum Gasteiger partial charge on any atom is -0.444 e. The second kappa shape index (κ2) is 9.89. The van der Waals surface area contributed by atoms with Crippen molar-refractivity contribution in [3.8, 4) is 5.75 Å². The van der Waals surface area contributed by atoms with E-state index in [0.29, 0.717) is 31.6 Å². The Morgan fingerprint density at radius 1 is 1.15 bits per heavy atom. The minimum atomic E-state index is -4.73. The number of hydrogen-bond acceptors (Lipinski definition) is 4. The number of nitrogens with two attached hydrogens (primary N) is 1. The molecule has 1 aromatic rings. The molecule has 0 saturated carbocycles. The molecule has 10 heteroatoms. The second-order valence-corrected chi connectivity index (χ2v) is 6.60. The molecule has 0 unspecified atom stereocenters. The number of anilines is 1. The normalized spacial score (nSPS) is 12.4. The first-order valence-electron chi connectivity index (χ1n) is 8.34. The molecule has 152 valence electrons. The van der Waals surface area contributed by atoms with Crippen LogP contribution >= 0.6 is 0 Å². The van der Waals surface area contributed by atoms with Gasteiger partial charge in [-0.2, -0.15) is 0 Å². The highest BCUT2D eigenvalue weighted by molar-refractivity contribution is 5.92. The second-order valence-electron chi connectivity index (χ2n) is 6.60. The van der Waals surface area contributed by atoms with Crippen LogP contribution in [0.4, 0.5) is 23.7 Å². The maximum absolute atomic E-state index is 12.1. The number of benzene rings is 1. The van der Waals surface area contributed by atoms with Gasteiger partial charge in [0.05, 0.1) is 0 Å². The number of halogens is 3. The molecule has 0 aliphatic rings. The quantitative estimate of drug-likeness (QED) is 0.375. The van der Waals surface area contributed by atoms with E-state index in [1.54, 1.807) is 20.8 Å². The van der Waals surface area contributed by atoms with Gasteiger partial charge in [0.1, 0.15) is 11.4 Å². The van der Waals surface area contributed by atoms with Crippen LogP contribution in [0.2, 0.25) is 0 Å². The summed E-state index contributed by atoms with van der Waals surface area (Å²) in [5.74, 6) is -0.180. The van der Waals surface area contributed by atoms with E-state index in [0.717, 1.165) is 0 Å². The van der Waals surface area contributed by atoms with Crippen molar-refractivity contribution in [2.24, 2.45) is 10.7 Å². The number of hydrogen-bond donors (Lipinski definition) is 3. The molecule has 0 bridgehead atoms. The van der Waals surface area contributed by atoms with Crippen LogP contribution in [0.5, 0.6) is 5.75 Å². The fourth-order valence-electron chi connectivity index (χ4n) is 1.87. The van der Waals surface area contributed by atoms with Gasteiger partial charge in [-0.1, -0.05) is 0 Å². The van der Waals surface area contributed by atoms with Crippen molar-refractivity contribution in [3.05, 3.63) is 24.3 Å². The molecule has 0 saturated heterocycles. The van der Waals surface area contributed by atoms with Crippen LogP contribution in [0, 0.1) is 0 Å². The van der Waals surface area contributed by atoms with Crippen molar-refractivity contribution in [2.75, 3.05) is 18.4 Å². The lowest BCUT2D eigenvalue weighted by atomic mass is 10.2. The average Bonchev–Trinajstić information content (AvgIpc) is 2.49. The number of alkyl halides is 3. The highest BCUT2D eigenvalue weighted by Gasteiger charge is 2.30. The summed E-state index contributed by atoms with van der Waals surface area (Å²) in [7, 11) is 0. The Morgan fingerprint density at radius 3 is 2.33 bits per heavy atom. The Bertz CT molecular complexity index is 626. The Morgan fingerprint density at radius 2 is 1.78 bits per heavy atom. The average molecular weight is 390 g/mol. The molecule has 27 heavy (non-hydrogen) atoms. The van der Waals surface area contributed by atoms with E-state index < -0.39 is 18.1 Å². The summed E-state index contributed by atoms with van der Waals surface area (Å²) in [5.41, 5.74) is 5.66. The first kappa shape index (κ1) is 22.4. The van der Waals surface area contributed by atoms with Crippen molar-refractivity contribution < 1.29 is 27.4 Å². The van der Waals surface area contributed by atoms with Crippen molar-refractivity contribution in [2.45, 2.75) is 45.6 Å². The summed E-state index contributed by atoms with van der Waals surface area (Å²) in [4.78, 5) is 15.5. The largest absolute Gasteiger partial charge is 0.573 e. The molecule has 7 nitrogen and oxygen atoms in total. The van der Waals surface area contributed by atoms with Gasteiger partial charge in [-0.15, -0.1) is 13.2 Å².